The molecule has 0 saturated heterocycles. The van der Waals surface area contributed by atoms with Crippen molar-refractivity contribution in [3.05, 3.63) is 29.8 Å². The molecule has 1 unspecified atom stereocenters. The lowest BCUT2D eigenvalue weighted by atomic mass is 10.0. The summed E-state index contributed by atoms with van der Waals surface area (Å²) >= 11 is 0. The summed E-state index contributed by atoms with van der Waals surface area (Å²) in [5.41, 5.74) is 0.553. The zero-order valence-electron chi connectivity index (χ0n) is 14.4. The van der Waals surface area contributed by atoms with Gasteiger partial charge in [0.05, 0.1) is 26.2 Å². The quantitative estimate of drug-likeness (QED) is 0.530. The first-order chi connectivity index (χ1) is 11.0. The highest BCUT2D eigenvalue weighted by atomic mass is 16.5. The van der Waals surface area contributed by atoms with Gasteiger partial charge in [-0.25, -0.2) is 0 Å². The lowest BCUT2D eigenvalue weighted by molar-refractivity contribution is -0.143. The van der Waals surface area contributed by atoms with Crippen LogP contribution in [0.15, 0.2) is 24.3 Å². The molecule has 0 aliphatic carbocycles. The van der Waals surface area contributed by atoms with Crippen LogP contribution in [0.2, 0.25) is 0 Å². The van der Waals surface area contributed by atoms with E-state index in [1.54, 1.807) is 38.3 Å². The Labute approximate surface area is 138 Å². The van der Waals surface area contributed by atoms with Crippen LogP contribution in [0.4, 0.5) is 0 Å². The van der Waals surface area contributed by atoms with E-state index < -0.39 is 6.04 Å². The van der Waals surface area contributed by atoms with E-state index in [0.29, 0.717) is 30.4 Å². The second-order valence-corrected chi connectivity index (χ2v) is 5.79. The molecule has 0 fully saturated rings. The van der Waals surface area contributed by atoms with Gasteiger partial charge in [0, 0.05) is 5.56 Å². The minimum Gasteiger partial charge on any atom is -0.497 e. The summed E-state index contributed by atoms with van der Waals surface area (Å²) in [5, 5.41) is 3.19. The molecule has 1 aromatic rings. The normalized spacial score (nSPS) is 12.0. The number of nitrogens with one attached hydrogen (secondary N) is 1. The third-order valence-corrected chi connectivity index (χ3v) is 3.48. The predicted molar refractivity (Wildman–Crippen MR) is 89.8 cm³/mol. The average Bonchev–Trinajstić information content (AvgIpc) is 2.53. The lowest BCUT2D eigenvalue weighted by Crippen LogP contribution is -2.40. The fourth-order valence-corrected chi connectivity index (χ4v) is 2.15. The maximum Gasteiger partial charge on any atom is 0.307 e. The van der Waals surface area contributed by atoms with Gasteiger partial charge in [0.15, 0.2) is 5.78 Å². The van der Waals surface area contributed by atoms with Crippen LogP contribution in [0.5, 0.6) is 5.75 Å². The van der Waals surface area contributed by atoms with Gasteiger partial charge in [0.25, 0.3) is 0 Å². The van der Waals surface area contributed by atoms with Crippen LogP contribution in [0.1, 0.15) is 44.0 Å². The molecule has 0 bridgehead atoms. The molecule has 0 heterocycles. The van der Waals surface area contributed by atoms with Gasteiger partial charge in [-0.1, -0.05) is 13.8 Å². The number of methoxy groups -OCH3 is 1. The number of carbonyl (C=O) groups excluding carboxylic acids is 2. The molecular weight excluding hydrogens is 294 g/mol. The number of hydrogen-bond acceptors (Lipinski definition) is 5. The highest BCUT2D eigenvalue weighted by Gasteiger charge is 2.23. The fourth-order valence-electron chi connectivity index (χ4n) is 2.15. The smallest absolute Gasteiger partial charge is 0.307 e. The molecule has 1 rings (SSSR count). The van der Waals surface area contributed by atoms with Crippen molar-refractivity contribution >= 4 is 11.8 Å². The van der Waals surface area contributed by atoms with Crippen molar-refractivity contribution in [2.24, 2.45) is 5.92 Å². The molecule has 0 saturated carbocycles. The van der Waals surface area contributed by atoms with Crippen LogP contribution in [0.25, 0.3) is 0 Å². The Morgan fingerprint density at radius 3 is 2.35 bits per heavy atom. The second-order valence-electron chi connectivity index (χ2n) is 5.79. The van der Waals surface area contributed by atoms with Crippen molar-refractivity contribution < 1.29 is 19.1 Å². The topological polar surface area (TPSA) is 64.6 Å². The highest BCUT2D eigenvalue weighted by molar-refractivity contribution is 6.01. The first-order valence-corrected chi connectivity index (χ1v) is 8.05. The van der Waals surface area contributed by atoms with Gasteiger partial charge >= 0.3 is 5.97 Å². The molecule has 1 aromatic carbocycles. The van der Waals surface area contributed by atoms with E-state index in [4.69, 9.17) is 9.47 Å². The number of ketones is 1. The van der Waals surface area contributed by atoms with E-state index in [2.05, 4.69) is 19.2 Å². The number of hydrogen-bond donors (Lipinski definition) is 1. The van der Waals surface area contributed by atoms with Crippen molar-refractivity contribution in [3.63, 3.8) is 0 Å². The third kappa shape index (κ3) is 6.82. The standard InChI is InChI=1S/C18H27NO4/c1-5-23-17(20)12-16(19-11-10-13(2)3)18(21)14-6-8-15(22-4)9-7-14/h6-9,13,16,19H,5,10-12H2,1-4H3. The van der Waals surface area contributed by atoms with Crippen molar-refractivity contribution in [1.82, 2.24) is 5.32 Å². The van der Waals surface area contributed by atoms with E-state index in [9.17, 15) is 9.59 Å². The number of Topliss-reactive ketones (excluding diaryl/α,β-unsaturated/α-hetero) is 1. The summed E-state index contributed by atoms with van der Waals surface area (Å²) in [6, 6.07) is 6.33. The zero-order valence-corrected chi connectivity index (χ0v) is 14.4. The average molecular weight is 321 g/mol. The summed E-state index contributed by atoms with van der Waals surface area (Å²) in [6.45, 7) is 6.99. The minimum atomic E-state index is -0.568. The van der Waals surface area contributed by atoms with E-state index in [-0.39, 0.29) is 18.2 Å². The first kappa shape index (κ1) is 19.2. The zero-order chi connectivity index (χ0) is 17.2. The molecular formula is C18H27NO4. The summed E-state index contributed by atoms with van der Waals surface area (Å²) in [5.74, 6) is 0.749. The van der Waals surface area contributed by atoms with Crippen LogP contribution in [-0.2, 0) is 9.53 Å². The van der Waals surface area contributed by atoms with Crippen molar-refractivity contribution in [2.75, 3.05) is 20.3 Å². The largest absolute Gasteiger partial charge is 0.497 e. The molecule has 0 aromatic heterocycles. The van der Waals surface area contributed by atoms with E-state index >= 15 is 0 Å². The van der Waals surface area contributed by atoms with Crippen LogP contribution >= 0.6 is 0 Å². The van der Waals surface area contributed by atoms with Crippen molar-refractivity contribution in [1.29, 1.82) is 0 Å². The van der Waals surface area contributed by atoms with Crippen LogP contribution in [-0.4, -0.2) is 38.1 Å². The molecule has 1 N–H and O–H groups in total. The van der Waals surface area contributed by atoms with Gasteiger partial charge < -0.3 is 14.8 Å². The first-order valence-electron chi connectivity index (χ1n) is 8.05. The summed E-state index contributed by atoms with van der Waals surface area (Å²) in [4.78, 5) is 24.4. The molecule has 0 radical (unpaired) electrons. The SMILES string of the molecule is CCOC(=O)CC(NCCC(C)C)C(=O)c1ccc(OC)cc1. The maximum absolute atomic E-state index is 12.6. The Kier molecular flexibility index (Phi) is 8.33. The van der Waals surface area contributed by atoms with Gasteiger partial charge in [0.2, 0.25) is 0 Å². The molecule has 128 valence electrons. The Balaban J connectivity index is 2.78. The van der Waals surface area contributed by atoms with Gasteiger partial charge in [-0.05, 0) is 50.1 Å². The van der Waals surface area contributed by atoms with Crippen LogP contribution in [0, 0.1) is 5.92 Å². The Morgan fingerprint density at radius 1 is 1.17 bits per heavy atom. The lowest BCUT2D eigenvalue weighted by Gasteiger charge is -2.18. The molecule has 1 atom stereocenters. The number of carbonyl (C=O) groups is 2. The third-order valence-electron chi connectivity index (χ3n) is 3.48. The van der Waals surface area contributed by atoms with Crippen LogP contribution in [0.3, 0.4) is 0 Å². The van der Waals surface area contributed by atoms with Crippen LogP contribution < -0.4 is 10.1 Å². The highest BCUT2D eigenvalue weighted by Crippen LogP contribution is 2.14. The predicted octanol–water partition coefficient (Wildman–Crippen LogP) is 2.84. The number of esters is 1. The minimum absolute atomic E-state index is 0.0385. The van der Waals surface area contributed by atoms with Crippen molar-refractivity contribution in [2.45, 2.75) is 39.7 Å². The fraction of sp³-hybridized carbons (Fsp3) is 0.556. The molecule has 0 aliphatic rings. The molecule has 5 nitrogen and oxygen atoms in total. The summed E-state index contributed by atoms with van der Waals surface area (Å²) in [6.07, 6.45) is 0.978. The molecule has 0 aliphatic heterocycles. The summed E-state index contributed by atoms with van der Waals surface area (Å²) in [7, 11) is 1.58. The number of benzene rings is 1. The molecule has 0 spiro atoms. The van der Waals surface area contributed by atoms with E-state index in [0.717, 1.165) is 6.42 Å². The molecule has 5 heteroatoms. The Hall–Kier alpha value is -1.88. The van der Waals surface area contributed by atoms with Crippen molar-refractivity contribution in [3.8, 4) is 5.75 Å². The maximum atomic E-state index is 12.6. The van der Waals surface area contributed by atoms with E-state index in [1.165, 1.54) is 0 Å². The molecule has 23 heavy (non-hydrogen) atoms. The van der Waals surface area contributed by atoms with Gasteiger partial charge in [-0.3, -0.25) is 9.59 Å². The summed E-state index contributed by atoms with van der Waals surface area (Å²) < 4.78 is 10.1. The van der Waals surface area contributed by atoms with E-state index in [1.807, 2.05) is 0 Å². The molecule has 0 amide bonds. The van der Waals surface area contributed by atoms with Gasteiger partial charge in [-0.2, -0.15) is 0 Å². The second kappa shape index (κ2) is 10.0. The number of ether oxygens (including phenoxy) is 2. The Bertz CT molecular complexity index is 496. The number of rotatable bonds is 10. The van der Waals surface area contributed by atoms with Gasteiger partial charge in [0.1, 0.15) is 5.75 Å². The Morgan fingerprint density at radius 2 is 1.83 bits per heavy atom. The monoisotopic (exact) mass is 321 g/mol. The van der Waals surface area contributed by atoms with Gasteiger partial charge in [-0.15, -0.1) is 0 Å².